The van der Waals surface area contributed by atoms with Crippen LogP contribution in [-0.4, -0.2) is 65.6 Å². The normalized spacial score (nSPS) is 28.2. The van der Waals surface area contributed by atoms with Crippen LogP contribution in [-0.2, 0) is 40.3 Å². The summed E-state index contributed by atoms with van der Waals surface area (Å²) in [5.74, 6) is -2.74. The number of sulfone groups is 1. The number of fused-ring (bicyclic) bond motifs is 1. The van der Waals surface area contributed by atoms with Crippen LogP contribution in [0.2, 0.25) is 0 Å². The first-order chi connectivity index (χ1) is 12.7. The van der Waals surface area contributed by atoms with E-state index in [2.05, 4.69) is 0 Å². The minimum Gasteiger partial charge on any atom is -0.462 e. The van der Waals surface area contributed by atoms with Crippen molar-refractivity contribution in [3.63, 3.8) is 0 Å². The maximum atomic E-state index is 12.9. The van der Waals surface area contributed by atoms with Gasteiger partial charge in [-0.1, -0.05) is 30.3 Å². The molecule has 2 aliphatic rings. The molecule has 2 heterocycles. The Balaban J connectivity index is 1.90. The molecule has 2 aliphatic heterocycles. The Bertz CT molecular complexity index is 868. The van der Waals surface area contributed by atoms with E-state index in [0.29, 0.717) is 5.56 Å². The van der Waals surface area contributed by atoms with E-state index in [0.717, 1.165) is 11.8 Å². The average Bonchev–Trinajstić information content (AvgIpc) is 2.80. The van der Waals surface area contributed by atoms with E-state index in [4.69, 9.17) is 14.6 Å². The first kappa shape index (κ1) is 19.3. The molecule has 0 bridgehead atoms. The second-order valence-electron chi connectivity index (χ2n) is 6.47. The summed E-state index contributed by atoms with van der Waals surface area (Å²) >= 11 is 0. The molecule has 2 saturated heterocycles. The number of nitrogens with zero attached hydrogens (tertiary/aromatic N) is 1. The molecule has 9 nitrogen and oxygen atoms in total. The van der Waals surface area contributed by atoms with Gasteiger partial charge < -0.3 is 19.5 Å². The lowest BCUT2D eigenvalue weighted by Crippen LogP contribution is -2.59. The van der Waals surface area contributed by atoms with Crippen LogP contribution in [0.3, 0.4) is 0 Å². The Morgan fingerprint density at radius 1 is 1.26 bits per heavy atom. The molecule has 0 radical (unpaired) electrons. The van der Waals surface area contributed by atoms with Crippen LogP contribution < -0.4 is 0 Å². The molecule has 0 saturated carbocycles. The zero-order valence-corrected chi connectivity index (χ0v) is 15.3. The Hall–Kier alpha value is -2.46. The van der Waals surface area contributed by atoms with E-state index >= 15 is 0 Å². The minimum absolute atomic E-state index is 0.134. The summed E-state index contributed by atoms with van der Waals surface area (Å²) in [5.41, 5.74) is 0.669. The molecule has 27 heavy (non-hydrogen) atoms. The standard InChI is InChI=1S/C17H19NO8S/c1-17(16(22)25-8-7-19)14(18-12(20)9-13(18)27(17,23)24)15(21)26-10-11-5-3-2-4-6-11/h2-6,13-14,19H,7-10H2,1H3/t13-,14+,17-/m1/s1. The van der Waals surface area contributed by atoms with Gasteiger partial charge in [-0.25, -0.2) is 13.2 Å². The molecule has 1 N–H and O–H groups in total. The van der Waals surface area contributed by atoms with E-state index < -0.39 is 57.1 Å². The van der Waals surface area contributed by atoms with Crippen molar-refractivity contribution in [1.29, 1.82) is 0 Å². The number of aliphatic hydroxyl groups is 1. The highest BCUT2D eigenvalue weighted by Crippen LogP contribution is 2.47. The van der Waals surface area contributed by atoms with E-state index in [9.17, 15) is 22.8 Å². The van der Waals surface area contributed by atoms with Crippen molar-refractivity contribution < 1.29 is 37.4 Å². The number of hydrogen-bond acceptors (Lipinski definition) is 8. The summed E-state index contributed by atoms with van der Waals surface area (Å²) in [5, 5.41) is 7.57. The summed E-state index contributed by atoms with van der Waals surface area (Å²) in [4.78, 5) is 38.0. The number of β-lactam (4-membered cyclic amide) rings is 1. The van der Waals surface area contributed by atoms with Crippen molar-refractivity contribution in [2.45, 2.75) is 36.1 Å². The van der Waals surface area contributed by atoms with Crippen LogP contribution in [0.15, 0.2) is 30.3 Å². The van der Waals surface area contributed by atoms with Crippen LogP contribution in [0, 0.1) is 0 Å². The van der Waals surface area contributed by atoms with Crippen molar-refractivity contribution in [1.82, 2.24) is 4.90 Å². The number of aliphatic hydroxyl groups excluding tert-OH is 1. The van der Waals surface area contributed by atoms with Crippen LogP contribution in [0.1, 0.15) is 18.9 Å². The van der Waals surface area contributed by atoms with E-state index in [1.54, 1.807) is 30.3 Å². The lowest BCUT2D eigenvalue weighted by atomic mass is 9.96. The van der Waals surface area contributed by atoms with E-state index in [1.165, 1.54) is 0 Å². The molecule has 0 aliphatic carbocycles. The van der Waals surface area contributed by atoms with Gasteiger partial charge in [-0.05, 0) is 12.5 Å². The minimum atomic E-state index is -4.22. The van der Waals surface area contributed by atoms with Gasteiger partial charge in [0.25, 0.3) is 0 Å². The summed E-state index contributed by atoms with van der Waals surface area (Å²) in [6, 6.07) is 7.06. The molecule has 2 fully saturated rings. The van der Waals surface area contributed by atoms with Gasteiger partial charge in [0.05, 0.1) is 13.0 Å². The zero-order chi connectivity index (χ0) is 19.8. The third kappa shape index (κ3) is 2.88. The SMILES string of the molecule is C[C@]1(C(=O)OCCO)[C@H](C(=O)OCc2ccccc2)N2C(=O)C[C@H]2S1(=O)=O. The van der Waals surface area contributed by atoms with Gasteiger partial charge in [-0.2, -0.15) is 0 Å². The first-order valence-corrected chi connectivity index (χ1v) is 9.83. The zero-order valence-electron chi connectivity index (χ0n) is 14.5. The second kappa shape index (κ2) is 6.93. The summed E-state index contributed by atoms with van der Waals surface area (Å²) in [6.07, 6.45) is -0.298. The van der Waals surface area contributed by atoms with Gasteiger partial charge >= 0.3 is 11.9 Å². The van der Waals surface area contributed by atoms with Crippen molar-refractivity contribution >= 4 is 27.7 Å². The van der Waals surface area contributed by atoms with Gasteiger partial charge in [-0.3, -0.25) is 9.59 Å². The third-order valence-electron chi connectivity index (χ3n) is 4.87. The fourth-order valence-corrected chi connectivity index (χ4v) is 5.61. The van der Waals surface area contributed by atoms with Gasteiger partial charge in [0.1, 0.15) is 18.6 Å². The highest BCUT2D eigenvalue weighted by molar-refractivity contribution is 7.94. The van der Waals surface area contributed by atoms with Gasteiger partial charge in [0.15, 0.2) is 20.6 Å². The highest BCUT2D eigenvalue weighted by Gasteiger charge is 2.74. The van der Waals surface area contributed by atoms with Crippen molar-refractivity contribution in [2.24, 2.45) is 0 Å². The molecule has 0 aromatic heterocycles. The smallest absolute Gasteiger partial charge is 0.331 e. The van der Waals surface area contributed by atoms with Gasteiger partial charge in [0.2, 0.25) is 5.91 Å². The monoisotopic (exact) mass is 397 g/mol. The lowest BCUT2D eigenvalue weighted by Gasteiger charge is -2.36. The van der Waals surface area contributed by atoms with Gasteiger partial charge in [-0.15, -0.1) is 0 Å². The molecule has 10 heteroatoms. The van der Waals surface area contributed by atoms with Crippen molar-refractivity contribution in [3.05, 3.63) is 35.9 Å². The number of esters is 2. The topological polar surface area (TPSA) is 127 Å². The first-order valence-electron chi connectivity index (χ1n) is 8.28. The molecule has 0 spiro atoms. The number of carbonyl (C=O) groups excluding carboxylic acids is 3. The molecule has 1 amide bonds. The number of hydrogen-bond donors (Lipinski definition) is 1. The Labute approximate surface area is 155 Å². The Morgan fingerprint density at radius 2 is 1.93 bits per heavy atom. The molecule has 3 rings (SSSR count). The van der Waals surface area contributed by atoms with Crippen molar-refractivity contribution in [2.75, 3.05) is 13.2 Å². The van der Waals surface area contributed by atoms with Crippen LogP contribution in [0.4, 0.5) is 0 Å². The molecular formula is C17H19NO8S. The fourth-order valence-electron chi connectivity index (χ4n) is 3.33. The van der Waals surface area contributed by atoms with Crippen LogP contribution in [0.5, 0.6) is 0 Å². The second-order valence-corrected chi connectivity index (χ2v) is 8.95. The number of carbonyl (C=O) groups is 3. The number of rotatable bonds is 6. The number of ether oxygens (including phenoxy) is 2. The van der Waals surface area contributed by atoms with E-state index in [-0.39, 0.29) is 13.0 Å². The number of amides is 1. The molecule has 0 unspecified atom stereocenters. The Morgan fingerprint density at radius 3 is 2.52 bits per heavy atom. The molecule has 146 valence electrons. The predicted octanol–water partition coefficient (Wildman–Crippen LogP) is -0.621. The molecule has 1 aromatic carbocycles. The maximum Gasteiger partial charge on any atom is 0.331 e. The maximum absolute atomic E-state index is 12.9. The van der Waals surface area contributed by atoms with Gasteiger partial charge in [0, 0.05) is 0 Å². The number of benzene rings is 1. The van der Waals surface area contributed by atoms with Crippen LogP contribution in [0.25, 0.3) is 0 Å². The summed E-state index contributed by atoms with van der Waals surface area (Å²) < 4.78 is 33.4. The Kier molecular flexibility index (Phi) is 4.96. The quantitative estimate of drug-likeness (QED) is 0.497. The molecule has 3 atom stereocenters. The molecule has 1 aromatic rings. The highest BCUT2D eigenvalue weighted by atomic mass is 32.2. The van der Waals surface area contributed by atoms with E-state index in [1.807, 2.05) is 0 Å². The average molecular weight is 397 g/mol. The predicted molar refractivity (Wildman–Crippen MR) is 90.6 cm³/mol. The lowest BCUT2D eigenvalue weighted by molar-refractivity contribution is -0.166. The summed E-state index contributed by atoms with van der Waals surface area (Å²) in [6.45, 7) is -0.00181. The largest absolute Gasteiger partial charge is 0.462 e. The summed E-state index contributed by atoms with van der Waals surface area (Å²) in [7, 11) is -4.22. The third-order valence-corrected chi connectivity index (χ3v) is 7.56. The fraction of sp³-hybridized carbons (Fsp3) is 0.471. The molecular weight excluding hydrogens is 378 g/mol. The van der Waals surface area contributed by atoms with Crippen molar-refractivity contribution in [3.8, 4) is 0 Å². The van der Waals surface area contributed by atoms with Crippen LogP contribution >= 0.6 is 0 Å².